The van der Waals surface area contributed by atoms with Crippen LogP contribution in [-0.2, 0) is 0 Å². The van der Waals surface area contributed by atoms with Crippen molar-refractivity contribution < 1.29 is 0 Å². The van der Waals surface area contributed by atoms with Crippen molar-refractivity contribution in [3.63, 3.8) is 0 Å². The second-order valence-corrected chi connectivity index (χ2v) is 12.3. The number of rotatable bonds is 6. The molecule has 0 bridgehead atoms. The van der Waals surface area contributed by atoms with Crippen molar-refractivity contribution in [2.75, 3.05) is 0 Å². The van der Waals surface area contributed by atoms with E-state index in [0.717, 1.165) is 61.9 Å². The summed E-state index contributed by atoms with van der Waals surface area (Å²) in [5.41, 5.74) is 13.2. The summed E-state index contributed by atoms with van der Waals surface area (Å²) in [6, 6.07) is 50.6. The molecule has 0 unspecified atom stereocenters. The molecule has 0 radical (unpaired) electrons. The highest BCUT2D eigenvalue weighted by Gasteiger charge is 2.17. The van der Waals surface area contributed by atoms with E-state index < -0.39 is 0 Å². The first-order valence-electron chi connectivity index (χ1n) is 16.5. The topological polar surface area (TPSA) is 57.4 Å². The van der Waals surface area contributed by atoms with E-state index in [2.05, 4.69) is 138 Å². The molecular weight excluding hydrogens is 597 g/mol. The molecule has 0 atom stereocenters. The number of aromatic nitrogens is 2. The average Bonchev–Trinajstić information content (AvgIpc) is 3.64. The number of benzene rings is 6. The first-order chi connectivity index (χ1) is 24.1. The van der Waals surface area contributed by atoms with Gasteiger partial charge in [-0.05, 0) is 84.6 Å². The molecule has 0 aliphatic heterocycles. The van der Waals surface area contributed by atoms with Gasteiger partial charge >= 0.3 is 0 Å². The Kier molecular flexibility index (Phi) is 7.41. The van der Waals surface area contributed by atoms with Crippen molar-refractivity contribution in [1.82, 2.24) is 9.13 Å². The van der Waals surface area contributed by atoms with E-state index in [1.54, 1.807) is 0 Å². The van der Waals surface area contributed by atoms with E-state index in [-0.39, 0.29) is 0 Å². The Hall–Kier alpha value is -6.62. The standard InChI is InChI=1S/C45H32N4/c1-3-4-11-37-30(2)48(43-16-9-6-13-39(37)43)42-15-8-5-12-38(42)34-21-19-33(20-22-34)35-24-32(29-47)25-36(27-35)49-44-17-10-7-14-40(44)41-26-31(28-46)18-23-45(41)49/h4-27H,3H2,1-2H3/b11-4-. The Morgan fingerprint density at radius 1 is 0.571 bits per heavy atom. The third-order valence-corrected chi connectivity index (χ3v) is 9.46. The monoisotopic (exact) mass is 628 g/mol. The molecule has 6 aromatic carbocycles. The molecule has 0 saturated carbocycles. The highest BCUT2D eigenvalue weighted by Crippen LogP contribution is 2.37. The lowest BCUT2D eigenvalue weighted by atomic mass is 9.97. The Bertz CT molecular complexity index is 2670. The van der Waals surface area contributed by atoms with E-state index in [0.29, 0.717) is 11.1 Å². The Labute approximate surface area is 285 Å². The number of allylic oxidation sites excluding steroid dienone is 1. The van der Waals surface area contributed by atoms with Crippen molar-refractivity contribution >= 4 is 38.8 Å². The molecule has 0 N–H and O–H groups in total. The van der Waals surface area contributed by atoms with Crippen LogP contribution in [0, 0.1) is 29.6 Å². The average molecular weight is 629 g/mol. The minimum atomic E-state index is 0.587. The van der Waals surface area contributed by atoms with Crippen LogP contribution in [0.2, 0.25) is 0 Å². The van der Waals surface area contributed by atoms with Crippen LogP contribution in [-0.4, -0.2) is 9.13 Å². The van der Waals surface area contributed by atoms with Crippen molar-refractivity contribution in [3.8, 4) is 45.8 Å². The molecule has 49 heavy (non-hydrogen) atoms. The number of fused-ring (bicyclic) bond motifs is 4. The summed E-state index contributed by atoms with van der Waals surface area (Å²) in [7, 11) is 0. The quantitative estimate of drug-likeness (QED) is 0.184. The zero-order valence-corrected chi connectivity index (χ0v) is 27.4. The van der Waals surface area contributed by atoms with Gasteiger partial charge in [-0.2, -0.15) is 10.5 Å². The van der Waals surface area contributed by atoms with Crippen molar-refractivity contribution in [1.29, 1.82) is 10.5 Å². The summed E-state index contributed by atoms with van der Waals surface area (Å²) in [5, 5.41) is 23.0. The summed E-state index contributed by atoms with van der Waals surface area (Å²) >= 11 is 0. The lowest BCUT2D eigenvalue weighted by Gasteiger charge is -2.15. The molecule has 0 aliphatic rings. The van der Waals surface area contributed by atoms with Gasteiger partial charge in [0, 0.05) is 38.7 Å². The molecule has 8 aromatic rings. The minimum absolute atomic E-state index is 0.587. The van der Waals surface area contributed by atoms with Crippen LogP contribution in [0.15, 0.2) is 140 Å². The maximum Gasteiger partial charge on any atom is 0.0992 e. The molecule has 2 heterocycles. The molecule has 8 rings (SSSR count). The summed E-state index contributed by atoms with van der Waals surface area (Å²) in [5.74, 6) is 0. The van der Waals surface area contributed by atoms with Crippen molar-refractivity contribution in [3.05, 3.63) is 162 Å². The highest BCUT2D eigenvalue weighted by atomic mass is 15.0. The SMILES string of the molecule is CC/C=C\c1c(C)n(-c2ccccc2-c2ccc(-c3cc(C#N)cc(-n4c5ccccc5c5cc(C#N)ccc54)c3)cc2)c2ccccc12. The van der Waals surface area contributed by atoms with Crippen LogP contribution in [0.25, 0.3) is 72.4 Å². The van der Waals surface area contributed by atoms with Crippen LogP contribution in [0.3, 0.4) is 0 Å². The first-order valence-corrected chi connectivity index (χ1v) is 16.5. The van der Waals surface area contributed by atoms with Crippen LogP contribution in [0.1, 0.15) is 35.7 Å². The van der Waals surface area contributed by atoms with E-state index in [1.807, 2.05) is 42.5 Å². The number of nitrogens with zero attached hydrogens (tertiary/aromatic N) is 4. The molecular formula is C45H32N4. The van der Waals surface area contributed by atoms with E-state index in [9.17, 15) is 10.5 Å². The second-order valence-electron chi connectivity index (χ2n) is 12.3. The normalized spacial score (nSPS) is 11.4. The summed E-state index contributed by atoms with van der Waals surface area (Å²) in [6.07, 6.45) is 5.46. The zero-order valence-electron chi connectivity index (χ0n) is 27.4. The minimum Gasteiger partial charge on any atom is -0.313 e. The molecule has 0 spiro atoms. The van der Waals surface area contributed by atoms with Crippen molar-refractivity contribution in [2.45, 2.75) is 20.3 Å². The second kappa shape index (κ2) is 12.2. The fourth-order valence-electron chi connectivity index (χ4n) is 7.20. The number of hydrogen-bond donors (Lipinski definition) is 0. The van der Waals surface area contributed by atoms with E-state index in [4.69, 9.17) is 0 Å². The molecule has 0 saturated heterocycles. The largest absolute Gasteiger partial charge is 0.313 e. The molecule has 232 valence electrons. The lowest BCUT2D eigenvalue weighted by Crippen LogP contribution is -1.99. The highest BCUT2D eigenvalue weighted by molar-refractivity contribution is 6.09. The van der Waals surface area contributed by atoms with Crippen LogP contribution < -0.4 is 0 Å². The number of hydrogen-bond acceptors (Lipinski definition) is 2. The predicted octanol–water partition coefficient (Wildman–Crippen LogP) is 11.5. The molecule has 4 heteroatoms. The summed E-state index contributed by atoms with van der Waals surface area (Å²) in [4.78, 5) is 0. The van der Waals surface area contributed by atoms with Gasteiger partial charge in [-0.15, -0.1) is 0 Å². The molecule has 4 nitrogen and oxygen atoms in total. The molecule has 0 aliphatic carbocycles. The third kappa shape index (κ3) is 4.99. The fourth-order valence-corrected chi connectivity index (χ4v) is 7.20. The van der Waals surface area contributed by atoms with Gasteiger partial charge in [0.2, 0.25) is 0 Å². The summed E-state index contributed by atoms with van der Waals surface area (Å²) in [6.45, 7) is 4.37. The first kappa shape index (κ1) is 29.8. The van der Waals surface area contributed by atoms with Gasteiger partial charge in [0.25, 0.3) is 0 Å². The smallest absolute Gasteiger partial charge is 0.0992 e. The van der Waals surface area contributed by atoms with Crippen LogP contribution in [0.4, 0.5) is 0 Å². The zero-order chi connectivity index (χ0) is 33.5. The number of nitriles is 2. The molecule has 0 fully saturated rings. The van der Waals surface area contributed by atoms with Crippen LogP contribution in [0.5, 0.6) is 0 Å². The predicted molar refractivity (Wildman–Crippen MR) is 202 cm³/mol. The maximum atomic E-state index is 10.1. The lowest BCUT2D eigenvalue weighted by molar-refractivity contribution is 1.05. The molecule has 0 amide bonds. The van der Waals surface area contributed by atoms with Gasteiger partial charge < -0.3 is 9.13 Å². The van der Waals surface area contributed by atoms with E-state index >= 15 is 0 Å². The van der Waals surface area contributed by atoms with E-state index in [1.165, 1.54) is 22.2 Å². The third-order valence-electron chi connectivity index (χ3n) is 9.46. The van der Waals surface area contributed by atoms with Gasteiger partial charge in [-0.25, -0.2) is 0 Å². The molecule has 2 aromatic heterocycles. The Morgan fingerprint density at radius 3 is 1.98 bits per heavy atom. The Morgan fingerprint density at radius 2 is 1.22 bits per heavy atom. The van der Waals surface area contributed by atoms with Gasteiger partial charge in [0.15, 0.2) is 0 Å². The number of para-hydroxylation sites is 3. The van der Waals surface area contributed by atoms with Crippen molar-refractivity contribution in [2.24, 2.45) is 0 Å². The van der Waals surface area contributed by atoms with Gasteiger partial charge in [0.1, 0.15) is 0 Å². The maximum absolute atomic E-state index is 10.1. The van der Waals surface area contributed by atoms with Gasteiger partial charge in [-0.3, -0.25) is 0 Å². The van der Waals surface area contributed by atoms with Crippen LogP contribution >= 0.6 is 0 Å². The van der Waals surface area contributed by atoms with Gasteiger partial charge in [-0.1, -0.05) is 97.9 Å². The Balaban J connectivity index is 1.24. The van der Waals surface area contributed by atoms with Gasteiger partial charge in [0.05, 0.1) is 45.5 Å². The fraction of sp³-hybridized carbons (Fsp3) is 0.0667. The summed E-state index contributed by atoms with van der Waals surface area (Å²) < 4.78 is 4.57.